The molecule has 0 amide bonds. The van der Waals surface area contributed by atoms with Crippen molar-refractivity contribution in [2.24, 2.45) is 0 Å². The van der Waals surface area contributed by atoms with Crippen LogP contribution in [-0.4, -0.2) is 52.1 Å². The smallest absolute Gasteiger partial charge is 0 e. The SMILES string of the molecule is C1=C[CH-]C[CH-]1.C1=C[CH-]C[CH-]1.[AlH2+].[Al].[Al].[CH3-].[CH3-].[CH3-].[CH3-].[CH3-]. The predicted octanol–water partition coefficient (Wildman–Crippen LogP) is 3.28. The summed E-state index contributed by atoms with van der Waals surface area (Å²) in [5.74, 6) is 0. The standard InChI is InChI=1S/2C5H6.5CH3.3Al.2H/c2*1-2-4-5-3-1;;;;;;;;;;/h2*1-4H,5H2;5*1H3;;;;;/q2*-2;5*-1;;;+1;;. The van der Waals surface area contributed by atoms with Gasteiger partial charge in [0.1, 0.15) is 0 Å². The van der Waals surface area contributed by atoms with E-state index in [0.717, 1.165) is 12.8 Å². The van der Waals surface area contributed by atoms with Crippen molar-refractivity contribution in [1.82, 2.24) is 0 Å². The molecule has 0 aromatic carbocycles. The molecule has 0 heterocycles. The van der Waals surface area contributed by atoms with E-state index in [0.29, 0.717) is 0 Å². The molecule has 0 saturated heterocycles. The number of rotatable bonds is 0. The summed E-state index contributed by atoms with van der Waals surface area (Å²) >= 11 is 0. The maximum absolute atomic E-state index is 2.12. The Balaban J connectivity index is -0.0000000128. The second kappa shape index (κ2) is 43.2. The van der Waals surface area contributed by atoms with E-state index in [9.17, 15) is 0 Å². The minimum atomic E-state index is 0. The van der Waals surface area contributed by atoms with Crippen LogP contribution in [0.25, 0.3) is 0 Å². The van der Waals surface area contributed by atoms with Gasteiger partial charge in [-0.2, -0.15) is 12.8 Å². The third-order valence-electron chi connectivity index (χ3n) is 1.31. The Labute approximate surface area is 151 Å². The van der Waals surface area contributed by atoms with E-state index in [1.54, 1.807) is 0 Å². The van der Waals surface area contributed by atoms with Crippen molar-refractivity contribution in [3.05, 3.63) is 87.1 Å². The maximum atomic E-state index is 2.12. The van der Waals surface area contributed by atoms with Crippen LogP contribution >= 0.6 is 0 Å². The Bertz CT molecular complexity index is 104. The Morgan fingerprint density at radius 1 is 0.500 bits per heavy atom. The van der Waals surface area contributed by atoms with Crippen LogP contribution in [0.15, 0.2) is 24.3 Å². The zero-order chi connectivity index (χ0) is 7.07. The zero-order valence-corrected chi connectivity index (χ0v) is 17.5. The molecule has 0 N–H and O–H groups in total. The van der Waals surface area contributed by atoms with Crippen LogP contribution in [-0.2, 0) is 0 Å². The molecule has 106 valence electrons. The number of hydrogen-bond acceptors (Lipinski definition) is 0. The monoisotopic (exact) mass is 290 g/mol. The van der Waals surface area contributed by atoms with Crippen molar-refractivity contribution in [2.45, 2.75) is 12.8 Å². The van der Waals surface area contributed by atoms with E-state index < -0.39 is 0 Å². The predicted molar refractivity (Wildman–Crippen MR) is 96.8 cm³/mol. The molecule has 0 bridgehead atoms. The van der Waals surface area contributed by atoms with Crippen LogP contribution in [0.1, 0.15) is 12.8 Å². The van der Waals surface area contributed by atoms with Crippen LogP contribution in [0.2, 0.25) is 0 Å². The van der Waals surface area contributed by atoms with E-state index in [2.05, 4.69) is 50.0 Å². The molecule has 2 aliphatic rings. The summed E-state index contributed by atoms with van der Waals surface area (Å²) in [6.45, 7) is 0. The van der Waals surface area contributed by atoms with Gasteiger partial charge in [-0.1, -0.05) is 0 Å². The molecule has 3 heteroatoms. The quantitative estimate of drug-likeness (QED) is 0.474. The molecule has 0 atom stereocenters. The van der Waals surface area contributed by atoms with E-state index in [1.807, 2.05) is 0 Å². The van der Waals surface area contributed by atoms with Crippen LogP contribution in [0, 0.1) is 62.8 Å². The number of allylic oxidation sites excluding steroid dienone is 4. The molecule has 0 fully saturated rings. The van der Waals surface area contributed by atoms with Crippen LogP contribution in [0.3, 0.4) is 0 Å². The first-order chi connectivity index (χ1) is 5.00. The van der Waals surface area contributed by atoms with Crippen LogP contribution in [0.4, 0.5) is 0 Å². The van der Waals surface area contributed by atoms with Gasteiger partial charge in [-0.15, -0.1) is 0 Å². The Hall–Kier alpha value is 0.557. The first-order valence-corrected chi connectivity index (χ1v) is 3.63. The molecule has 0 aliphatic heterocycles. The minimum Gasteiger partial charge on any atom is -0.358 e. The second-order valence-corrected chi connectivity index (χ2v) is 2.18. The molecule has 0 aromatic rings. The van der Waals surface area contributed by atoms with Gasteiger partial charge in [-0.3, -0.25) is 0 Å². The summed E-state index contributed by atoms with van der Waals surface area (Å²) in [5.41, 5.74) is 0. The molecule has 0 nitrogen and oxygen atoms in total. The maximum Gasteiger partial charge on any atom is 0 e. The van der Waals surface area contributed by atoms with Gasteiger partial charge in [0.25, 0.3) is 0 Å². The molecule has 0 saturated carbocycles. The molecule has 0 spiro atoms. The van der Waals surface area contributed by atoms with Crippen molar-refractivity contribution in [2.75, 3.05) is 0 Å². The summed E-state index contributed by atoms with van der Waals surface area (Å²) in [6, 6.07) is 0. The molecule has 6 radical (unpaired) electrons. The van der Waals surface area contributed by atoms with E-state index in [-0.39, 0.29) is 89.2 Å². The molecular weight excluding hydrogens is 261 g/mol. The van der Waals surface area contributed by atoms with Gasteiger partial charge in [0.05, 0.1) is 0 Å². The summed E-state index contributed by atoms with van der Waals surface area (Å²) in [6.07, 6.45) is 19.0. The van der Waals surface area contributed by atoms with Crippen molar-refractivity contribution < 1.29 is 0 Å². The molecule has 2 aliphatic carbocycles. The first kappa shape index (κ1) is 51.3. The van der Waals surface area contributed by atoms with Crippen LogP contribution < -0.4 is 0 Å². The molecular formula is C15H29Al3-8. The van der Waals surface area contributed by atoms with Crippen molar-refractivity contribution >= 4 is 52.1 Å². The largest absolute Gasteiger partial charge is 0.358 e. The second-order valence-electron chi connectivity index (χ2n) is 2.18. The average molecular weight is 290 g/mol. The summed E-state index contributed by atoms with van der Waals surface area (Å²) < 4.78 is 0. The third kappa shape index (κ3) is 36.0. The fourth-order valence-corrected chi connectivity index (χ4v) is 0.786. The topological polar surface area (TPSA) is 0 Å². The van der Waals surface area contributed by atoms with Gasteiger partial charge in [-0.25, -0.2) is 0 Å². The molecule has 0 aromatic heterocycles. The zero-order valence-electron chi connectivity index (χ0n) is 13.2. The van der Waals surface area contributed by atoms with Crippen molar-refractivity contribution in [3.8, 4) is 0 Å². The minimum absolute atomic E-state index is 0. The van der Waals surface area contributed by atoms with Gasteiger partial charge in [0.2, 0.25) is 0 Å². The van der Waals surface area contributed by atoms with Crippen molar-refractivity contribution in [1.29, 1.82) is 0 Å². The Morgan fingerprint density at radius 2 is 0.667 bits per heavy atom. The van der Waals surface area contributed by atoms with Crippen LogP contribution in [0.5, 0.6) is 0 Å². The van der Waals surface area contributed by atoms with Crippen molar-refractivity contribution in [3.63, 3.8) is 0 Å². The summed E-state index contributed by atoms with van der Waals surface area (Å²) in [4.78, 5) is 0. The van der Waals surface area contributed by atoms with E-state index >= 15 is 0 Å². The Morgan fingerprint density at radius 3 is 0.722 bits per heavy atom. The third-order valence-corrected chi connectivity index (χ3v) is 1.31. The fraction of sp³-hybridized carbons (Fsp3) is 0.133. The fourth-order valence-electron chi connectivity index (χ4n) is 0.786. The van der Waals surface area contributed by atoms with E-state index in [1.165, 1.54) is 0 Å². The molecule has 0 unspecified atom stereocenters. The van der Waals surface area contributed by atoms with Gasteiger partial charge in [0, 0.05) is 34.7 Å². The summed E-state index contributed by atoms with van der Waals surface area (Å²) in [5, 5.41) is 0. The molecule has 2 rings (SSSR count). The van der Waals surface area contributed by atoms with Gasteiger partial charge < -0.3 is 87.1 Å². The number of hydrogen-bond donors (Lipinski definition) is 0. The first-order valence-electron chi connectivity index (χ1n) is 3.63. The van der Waals surface area contributed by atoms with Gasteiger partial charge >= 0.3 is 17.4 Å². The van der Waals surface area contributed by atoms with Gasteiger partial charge in [0.15, 0.2) is 0 Å². The molecule has 18 heavy (non-hydrogen) atoms. The Kier molecular flexibility index (Phi) is 123. The van der Waals surface area contributed by atoms with Gasteiger partial charge in [-0.05, 0) is 0 Å². The van der Waals surface area contributed by atoms with E-state index in [4.69, 9.17) is 0 Å². The normalized spacial score (nSPS) is 9.78. The average Bonchev–Trinajstić information content (AvgIpc) is 2.67. The summed E-state index contributed by atoms with van der Waals surface area (Å²) in [7, 11) is 0.